The molecule has 1 saturated carbocycles. The molecule has 2 rings (SSSR count). The van der Waals surface area contributed by atoms with Crippen LogP contribution in [0.3, 0.4) is 0 Å². The number of carbonyl (C=O) groups excluding carboxylic acids is 1. The molecule has 0 spiro atoms. The van der Waals surface area contributed by atoms with Gasteiger partial charge in [-0.25, -0.2) is 0 Å². The van der Waals surface area contributed by atoms with Gasteiger partial charge in [-0.15, -0.1) is 0 Å². The molecule has 2 heteroatoms. The summed E-state index contributed by atoms with van der Waals surface area (Å²) in [4.78, 5) is 15.6. The van der Waals surface area contributed by atoms with Gasteiger partial charge >= 0.3 is 0 Å². The zero-order chi connectivity index (χ0) is 8.55. The van der Waals surface area contributed by atoms with E-state index < -0.39 is 0 Å². The Balaban J connectivity index is 2.19. The van der Waals surface area contributed by atoms with Crippen LogP contribution in [0.2, 0.25) is 0 Å². The quantitative estimate of drug-likeness (QED) is 0.535. The molecule has 0 saturated heterocycles. The van der Waals surface area contributed by atoms with Crippen molar-refractivity contribution in [2.75, 3.05) is 0 Å². The number of carbonyl (C=O) groups is 1. The minimum Gasteiger partial charge on any atom is -0.299 e. The Morgan fingerprint density at radius 3 is 3.25 bits per heavy atom. The van der Waals surface area contributed by atoms with E-state index in [4.69, 9.17) is 0 Å². The molecule has 1 aliphatic carbocycles. The topological polar surface area (TPSA) is 29.4 Å². The van der Waals surface area contributed by atoms with Crippen LogP contribution in [0.4, 0.5) is 0 Å². The third kappa shape index (κ3) is 1.22. The zero-order valence-corrected chi connectivity index (χ0v) is 7.23. The first kappa shape index (κ1) is 7.71. The minimum atomic E-state index is 0.138. The summed E-state index contributed by atoms with van der Waals surface area (Å²) >= 11 is 0. The minimum absolute atomic E-state index is 0.138. The van der Waals surface area contributed by atoms with Crippen LogP contribution < -0.4 is 0 Å². The van der Waals surface area contributed by atoms with Crippen LogP contribution in [0, 0.1) is 17.8 Å². The number of nitrogens with zero attached hydrogens (tertiary/aromatic N) is 1. The summed E-state index contributed by atoms with van der Waals surface area (Å²) in [5.41, 5.74) is 0. The van der Waals surface area contributed by atoms with Gasteiger partial charge in [-0.2, -0.15) is 0 Å². The highest BCUT2D eigenvalue weighted by Gasteiger charge is 2.33. The molecule has 0 radical (unpaired) electrons. The molecule has 0 aromatic rings. The summed E-state index contributed by atoms with van der Waals surface area (Å²) in [6.45, 7) is 2.14. The van der Waals surface area contributed by atoms with Crippen LogP contribution in [-0.2, 0) is 4.79 Å². The van der Waals surface area contributed by atoms with E-state index in [1.807, 2.05) is 12.3 Å². The maximum Gasteiger partial charge on any atom is 0.140 e. The third-order valence-corrected chi connectivity index (χ3v) is 2.71. The highest BCUT2D eigenvalue weighted by atomic mass is 16.1. The number of ketones is 1. The van der Waals surface area contributed by atoms with Crippen molar-refractivity contribution in [2.45, 2.75) is 19.8 Å². The normalized spacial score (nSPS) is 39.8. The fourth-order valence-electron chi connectivity index (χ4n) is 2.12. The second kappa shape index (κ2) is 2.85. The number of fused-ring (bicyclic) bond motifs is 1. The first-order valence-electron chi connectivity index (χ1n) is 4.50. The Labute approximate surface area is 72.4 Å². The van der Waals surface area contributed by atoms with E-state index in [9.17, 15) is 4.79 Å². The maximum absolute atomic E-state index is 11.5. The third-order valence-electron chi connectivity index (χ3n) is 2.71. The number of rotatable bonds is 0. The average molecular weight is 163 g/mol. The van der Waals surface area contributed by atoms with Crippen molar-refractivity contribution in [1.82, 2.24) is 0 Å². The molecule has 1 fully saturated rings. The molecular formula is C10H13NO. The predicted molar refractivity (Wildman–Crippen MR) is 48.0 cm³/mol. The van der Waals surface area contributed by atoms with Crippen molar-refractivity contribution in [3.8, 4) is 0 Å². The summed E-state index contributed by atoms with van der Waals surface area (Å²) in [5.74, 6) is 1.45. The molecule has 2 nitrogen and oxygen atoms in total. The van der Waals surface area contributed by atoms with E-state index in [0.29, 0.717) is 17.6 Å². The second-order valence-corrected chi connectivity index (χ2v) is 3.84. The average Bonchev–Trinajstić information content (AvgIpc) is 2.04. The van der Waals surface area contributed by atoms with Gasteiger partial charge in [-0.05, 0) is 12.3 Å². The lowest BCUT2D eigenvalue weighted by Crippen LogP contribution is -2.32. The molecule has 3 atom stereocenters. The Morgan fingerprint density at radius 2 is 2.42 bits per heavy atom. The summed E-state index contributed by atoms with van der Waals surface area (Å²) in [6, 6.07) is 0. The summed E-state index contributed by atoms with van der Waals surface area (Å²) in [5, 5.41) is 0. The number of aliphatic imine (C=N–C) groups is 1. The van der Waals surface area contributed by atoms with E-state index in [2.05, 4.69) is 11.9 Å². The van der Waals surface area contributed by atoms with Crippen LogP contribution in [0.25, 0.3) is 0 Å². The predicted octanol–water partition coefficient (Wildman–Crippen LogP) is 1.82. The summed E-state index contributed by atoms with van der Waals surface area (Å²) in [6.07, 6.45) is 7.48. The van der Waals surface area contributed by atoms with Crippen LogP contribution in [0.15, 0.2) is 17.3 Å². The number of hydrogen-bond acceptors (Lipinski definition) is 2. The molecule has 0 amide bonds. The van der Waals surface area contributed by atoms with Gasteiger partial charge in [0.1, 0.15) is 5.78 Å². The van der Waals surface area contributed by atoms with Crippen molar-refractivity contribution < 1.29 is 4.79 Å². The van der Waals surface area contributed by atoms with Gasteiger partial charge in [0.05, 0.1) is 0 Å². The van der Waals surface area contributed by atoms with Gasteiger partial charge < -0.3 is 0 Å². The van der Waals surface area contributed by atoms with Gasteiger partial charge in [0.15, 0.2) is 0 Å². The van der Waals surface area contributed by atoms with Gasteiger partial charge in [-0.1, -0.05) is 13.0 Å². The van der Waals surface area contributed by atoms with Crippen molar-refractivity contribution in [3.05, 3.63) is 12.3 Å². The van der Waals surface area contributed by atoms with E-state index in [1.54, 1.807) is 6.20 Å². The van der Waals surface area contributed by atoms with E-state index in [1.165, 1.54) is 0 Å². The fraction of sp³-hybridized carbons (Fsp3) is 0.600. The molecule has 64 valence electrons. The lowest BCUT2D eigenvalue weighted by atomic mass is 9.74. The Bertz CT molecular complexity index is 255. The van der Waals surface area contributed by atoms with Crippen molar-refractivity contribution in [2.24, 2.45) is 22.7 Å². The Morgan fingerprint density at radius 1 is 1.58 bits per heavy atom. The Hall–Kier alpha value is -0.920. The number of hydrogen-bond donors (Lipinski definition) is 0. The van der Waals surface area contributed by atoms with E-state index in [-0.39, 0.29) is 5.92 Å². The van der Waals surface area contributed by atoms with Gasteiger partial charge in [0.2, 0.25) is 0 Å². The van der Waals surface area contributed by atoms with E-state index in [0.717, 1.165) is 12.8 Å². The lowest BCUT2D eigenvalue weighted by molar-refractivity contribution is -0.125. The lowest BCUT2D eigenvalue weighted by Gasteiger charge is -2.30. The van der Waals surface area contributed by atoms with Crippen molar-refractivity contribution >= 4 is 12.0 Å². The highest BCUT2D eigenvalue weighted by Crippen LogP contribution is 2.32. The first-order chi connectivity index (χ1) is 5.77. The van der Waals surface area contributed by atoms with Crippen LogP contribution in [-0.4, -0.2) is 12.0 Å². The maximum atomic E-state index is 11.5. The van der Waals surface area contributed by atoms with Crippen molar-refractivity contribution in [3.63, 3.8) is 0 Å². The SMILES string of the molecule is CC1CC(=O)C2C=CN=CC2C1. The van der Waals surface area contributed by atoms with E-state index >= 15 is 0 Å². The van der Waals surface area contributed by atoms with Crippen LogP contribution in [0.1, 0.15) is 19.8 Å². The van der Waals surface area contributed by atoms with Crippen LogP contribution >= 0.6 is 0 Å². The highest BCUT2D eigenvalue weighted by molar-refractivity contribution is 5.88. The molecule has 2 aliphatic rings. The molecule has 1 aliphatic heterocycles. The standard InChI is InChI=1S/C10H13NO/c1-7-4-8-6-11-3-2-9(8)10(12)5-7/h2-3,6-9H,4-5H2,1H3. The largest absolute Gasteiger partial charge is 0.299 e. The zero-order valence-electron chi connectivity index (χ0n) is 7.23. The van der Waals surface area contributed by atoms with Gasteiger partial charge in [0, 0.05) is 30.7 Å². The van der Waals surface area contributed by atoms with Crippen molar-refractivity contribution in [1.29, 1.82) is 0 Å². The summed E-state index contributed by atoms with van der Waals surface area (Å²) < 4.78 is 0. The monoisotopic (exact) mass is 163 g/mol. The number of allylic oxidation sites excluding steroid dienone is 1. The second-order valence-electron chi connectivity index (χ2n) is 3.84. The smallest absolute Gasteiger partial charge is 0.140 e. The summed E-state index contributed by atoms with van der Waals surface area (Å²) in [7, 11) is 0. The molecule has 0 aromatic carbocycles. The Kier molecular flexibility index (Phi) is 1.83. The molecule has 0 bridgehead atoms. The number of Topliss-reactive ketones (excluding diaryl/α,β-unsaturated/α-hetero) is 1. The van der Waals surface area contributed by atoms with Gasteiger partial charge in [0.25, 0.3) is 0 Å². The molecule has 0 aromatic heterocycles. The molecule has 1 heterocycles. The molecular weight excluding hydrogens is 150 g/mol. The molecule has 12 heavy (non-hydrogen) atoms. The molecule has 3 unspecified atom stereocenters. The first-order valence-corrected chi connectivity index (χ1v) is 4.50. The van der Waals surface area contributed by atoms with Gasteiger partial charge in [-0.3, -0.25) is 9.79 Å². The van der Waals surface area contributed by atoms with Crippen LogP contribution in [0.5, 0.6) is 0 Å². The molecule has 0 N–H and O–H groups in total. The fourth-order valence-corrected chi connectivity index (χ4v) is 2.12.